The number of carbonyl (C=O) groups is 1. The quantitative estimate of drug-likeness (QED) is 0.926. The Labute approximate surface area is 140 Å². The summed E-state index contributed by atoms with van der Waals surface area (Å²) < 4.78 is 5.33. The van der Waals surface area contributed by atoms with E-state index < -0.39 is 0 Å². The monoisotopic (exact) mass is 330 g/mol. The van der Waals surface area contributed by atoms with Crippen molar-refractivity contribution < 1.29 is 9.21 Å². The number of aromatic nitrogens is 2. The maximum atomic E-state index is 12.7. The SMILES string of the molecule is Cc1coc(C)c1C(=O)N1CCC(c2cc(=O)[nH]c(N(C)C)n2)C1. The Kier molecular flexibility index (Phi) is 4.17. The van der Waals surface area contributed by atoms with E-state index in [4.69, 9.17) is 4.42 Å². The predicted molar refractivity (Wildman–Crippen MR) is 90.6 cm³/mol. The molecule has 1 N–H and O–H groups in total. The molecule has 0 aliphatic carbocycles. The van der Waals surface area contributed by atoms with E-state index in [2.05, 4.69) is 9.97 Å². The molecule has 1 aliphatic heterocycles. The second-order valence-corrected chi connectivity index (χ2v) is 6.47. The number of nitrogens with zero attached hydrogens (tertiary/aromatic N) is 3. The van der Waals surface area contributed by atoms with Crippen LogP contribution in [0.4, 0.5) is 5.95 Å². The van der Waals surface area contributed by atoms with Gasteiger partial charge in [-0.3, -0.25) is 14.6 Å². The van der Waals surface area contributed by atoms with E-state index in [-0.39, 0.29) is 17.4 Å². The third-order valence-corrected chi connectivity index (χ3v) is 4.44. The molecule has 24 heavy (non-hydrogen) atoms. The number of hydrogen-bond acceptors (Lipinski definition) is 5. The Morgan fingerprint density at radius 1 is 1.42 bits per heavy atom. The van der Waals surface area contributed by atoms with E-state index in [9.17, 15) is 9.59 Å². The Morgan fingerprint density at radius 2 is 2.17 bits per heavy atom. The third-order valence-electron chi connectivity index (χ3n) is 4.44. The van der Waals surface area contributed by atoms with E-state index in [1.165, 1.54) is 6.07 Å². The molecule has 0 bridgehead atoms. The van der Waals surface area contributed by atoms with Crippen molar-refractivity contribution in [1.82, 2.24) is 14.9 Å². The van der Waals surface area contributed by atoms with Gasteiger partial charge in [0.2, 0.25) is 5.95 Å². The average Bonchev–Trinajstić information content (AvgIpc) is 3.13. The minimum Gasteiger partial charge on any atom is -0.469 e. The molecular formula is C17H22N4O3. The van der Waals surface area contributed by atoms with E-state index in [0.717, 1.165) is 17.7 Å². The van der Waals surface area contributed by atoms with E-state index in [1.54, 1.807) is 18.1 Å². The van der Waals surface area contributed by atoms with Gasteiger partial charge in [0.15, 0.2) is 0 Å². The lowest BCUT2D eigenvalue weighted by molar-refractivity contribution is 0.0788. The maximum Gasteiger partial charge on any atom is 0.257 e. The second-order valence-electron chi connectivity index (χ2n) is 6.47. The van der Waals surface area contributed by atoms with Gasteiger partial charge in [-0.05, 0) is 20.3 Å². The highest BCUT2D eigenvalue weighted by atomic mass is 16.3. The molecule has 0 radical (unpaired) electrons. The van der Waals surface area contributed by atoms with Crippen LogP contribution in [0.25, 0.3) is 0 Å². The Balaban J connectivity index is 1.81. The van der Waals surface area contributed by atoms with E-state index in [0.29, 0.717) is 30.4 Å². The number of aromatic amines is 1. The lowest BCUT2D eigenvalue weighted by atomic mass is 10.0. The van der Waals surface area contributed by atoms with Crippen LogP contribution >= 0.6 is 0 Å². The van der Waals surface area contributed by atoms with Crippen LogP contribution in [0.1, 0.15) is 39.7 Å². The summed E-state index contributed by atoms with van der Waals surface area (Å²) in [6.45, 7) is 4.89. The van der Waals surface area contributed by atoms with Crippen molar-refractivity contribution in [3.8, 4) is 0 Å². The molecule has 0 spiro atoms. The van der Waals surface area contributed by atoms with Crippen molar-refractivity contribution in [1.29, 1.82) is 0 Å². The van der Waals surface area contributed by atoms with Gasteiger partial charge in [-0.15, -0.1) is 0 Å². The minimum absolute atomic E-state index is 0.0149. The number of nitrogens with one attached hydrogen (secondary N) is 1. The summed E-state index contributed by atoms with van der Waals surface area (Å²) in [4.78, 5) is 35.4. The number of aryl methyl sites for hydroxylation is 2. The van der Waals surface area contributed by atoms with Crippen molar-refractivity contribution in [2.75, 3.05) is 32.1 Å². The zero-order chi connectivity index (χ0) is 17.4. The molecule has 3 rings (SSSR count). The van der Waals surface area contributed by atoms with Crippen molar-refractivity contribution in [3.63, 3.8) is 0 Å². The maximum absolute atomic E-state index is 12.7. The molecule has 7 heteroatoms. The second kappa shape index (κ2) is 6.14. The molecule has 2 aromatic rings. The summed E-state index contributed by atoms with van der Waals surface area (Å²) in [7, 11) is 3.66. The number of amides is 1. The van der Waals surface area contributed by atoms with Crippen LogP contribution in [0, 0.1) is 13.8 Å². The largest absolute Gasteiger partial charge is 0.469 e. The topological polar surface area (TPSA) is 82.4 Å². The van der Waals surface area contributed by atoms with E-state index >= 15 is 0 Å². The van der Waals surface area contributed by atoms with Gasteiger partial charge in [0.25, 0.3) is 11.5 Å². The summed E-state index contributed by atoms with van der Waals surface area (Å²) in [5.74, 6) is 1.23. The fourth-order valence-electron chi connectivity index (χ4n) is 3.12. The number of likely N-dealkylation sites (tertiary alicyclic amines) is 1. The van der Waals surface area contributed by atoms with Crippen molar-refractivity contribution in [2.24, 2.45) is 0 Å². The normalized spacial score (nSPS) is 17.3. The van der Waals surface area contributed by atoms with Crippen molar-refractivity contribution in [2.45, 2.75) is 26.2 Å². The van der Waals surface area contributed by atoms with Crippen LogP contribution < -0.4 is 10.5 Å². The molecule has 1 unspecified atom stereocenters. The molecule has 0 saturated carbocycles. The molecule has 1 saturated heterocycles. The first-order valence-corrected chi connectivity index (χ1v) is 7.99. The van der Waals surface area contributed by atoms with Gasteiger partial charge in [-0.1, -0.05) is 0 Å². The first kappa shape index (κ1) is 16.3. The van der Waals surface area contributed by atoms with Crippen molar-refractivity contribution >= 4 is 11.9 Å². The first-order valence-electron chi connectivity index (χ1n) is 7.99. The number of rotatable bonds is 3. The highest BCUT2D eigenvalue weighted by Gasteiger charge is 2.31. The molecule has 3 heterocycles. The van der Waals surface area contributed by atoms with Gasteiger partial charge in [0.05, 0.1) is 17.5 Å². The smallest absolute Gasteiger partial charge is 0.257 e. The van der Waals surface area contributed by atoms with Gasteiger partial charge in [-0.25, -0.2) is 4.98 Å². The lowest BCUT2D eigenvalue weighted by Crippen LogP contribution is -2.29. The first-order chi connectivity index (χ1) is 11.4. The number of carbonyl (C=O) groups excluding carboxylic acids is 1. The third kappa shape index (κ3) is 2.93. The molecule has 1 atom stereocenters. The summed E-state index contributed by atoms with van der Waals surface area (Å²) >= 11 is 0. The van der Waals surface area contributed by atoms with Crippen LogP contribution in [0.2, 0.25) is 0 Å². The standard InChI is InChI=1S/C17H22N4O3/c1-10-9-24-11(2)15(10)16(23)21-6-5-12(8-21)13-7-14(22)19-17(18-13)20(3)4/h7,9,12H,5-6,8H2,1-4H3,(H,18,19,22). The summed E-state index contributed by atoms with van der Waals surface area (Å²) in [5, 5.41) is 0. The number of hydrogen-bond donors (Lipinski definition) is 1. The summed E-state index contributed by atoms with van der Waals surface area (Å²) in [5.41, 5.74) is 2.06. The Hall–Kier alpha value is -2.57. The Morgan fingerprint density at radius 3 is 2.79 bits per heavy atom. The van der Waals surface area contributed by atoms with Crippen LogP contribution in [0.15, 0.2) is 21.5 Å². The molecular weight excluding hydrogens is 308 g/mol. The molecule has 0 aromatic carbocycles. The fourth-order valence-corrected chi connectivity index (χ4v) is 3.12. The van der Waals surface area contributed by atoms with Gasteiger partial charge in [0.1, 0.15) is 5.76 Å². The van der Waals surface area contributed by atoms with Crippen LogP contribution in [-0.2, 0) is 0 Å². The fraction of sp³-hybridized carbons (Fsp3) is 0.471. The number of furan rings is 1. The lowest BCUT2D eigenvalue weighted by Gasteiger charge is -2.17. The average molecular weight is 330 g/mol. The summed E-state index contributed by atoms with van der Waals surface area (Å²) in [6, 6.07) is 1.53. The number of anilines is 1. The molecule has 1 fully saturated rings. The summed E-state index contributed by atoms with van der Waals surface area (Å²) in [6.07, 6.45) is 2.41. The van der Waals surface area contributed by atoms with Gasteiger partial charge in [-0.2, -0.15) is 0 Å². The van der Waals surface area contributed by atoms with Gasteiger partial charge in [0, 0.05) is 44.7 Å². The predicted octanol–water partition coefficient (Wildman–Crippen LogP) is 1.68. The molecule has 1 amide bonds. The highest BCUT2D eigenvalue weighted by Crippen LogP contribution is 2.28. The molecule has 7 nitrogen and oxygen atoms in total. The van der Waals surface area contributed by atoms with Gasteiger partial charge < -0.3 is 14.2 Å². The van der Waals surface area contributed by atoms with Crippen LogP contribution in [-0.4, -0.2) is 48.0 Å². The van der Waals surface area contributed by atoms with E-state index in [1.807, 2.05) is 25.9 Å². The zero-order valence-corrected chi connectivity index (χ0v) is 14.4. The van der Waals surface area contributed by atoms with Crippen LogP contribution in [0.3, 0.4) is 0 Å². The van der Waals surface area contributed by atoms with Crippen molar-refractivity contribution in [3.05, 3.63) is 45.3 Å². The zero-order valence-electron chi connectivity index (χ0n) is 14.4. The Bertz CT molecular complexity index is 802. The molecule has 1 aliphatic rings. The van der Waals surface area contributed by atoms with Gasteiger partial charge >= 0.3 is 0 Å². The minimum atomic E-state index is -0.171. The van der Waals surface area contributed by atoms with Crippen LogP contribution in [0.5, 0.6) is 0 Å². The number of H-pyrrole nitrogens is 1. The highest BCUT2D eigenvalue weighted by molar-refractivity contribution is 5.96. The molecule has 2 aromatic heterocycles. The molecule has 128 valence electrons.